The Hall–Kier alpha value is -1.43. The summed E-state index contributed by atoms with van der Waals surface area (Å²) < 4.78 is 6.77. The maximum absolute atomic E-state index is 11.6. The second-order valence-corrected chi connectivity index (χ2v) is 4.67. The second-order valence-electron chi connectivity index (χ2n) is 4.67. The number of nitrogens with zero attached hydrogens (tertiary/aromatic N) is 3. The first-order valence-electron chi connectivity index (χ1n) is 6.21. The highest BCUT2D eigenvalue weighted by molar-refractivity contribution is 5.79. The fourth-order valence-electron chi connectivity index (χ4n) is 1.77. The van der Waals surface area contributed by atoms with Gasteiger partial charge in [0.15, 0.2) is 0 Å². The first-order chi connectivity index (χ1) is 8.36. The normalized spacial score (nSPS) is 14.3. The lowest BCUT2D eigenvalue weighted by molar-refractivity contribution is -0.149. The zero-order valence-corrected chi connectivity index (χ0v) is 11.6. The third-order valence-electron chi connectivity index (χ3n) is 2.77. The zero-order valence-electron chi connectivity index (χ0n) is 11.6. The van der Waals surface area contributed by atoms with Gasteiger partial charge >= 0.3 is 5.97 Å². The number of aromatic nitrogens is 3. The van der Waals surface area contributed by atoms with Crippen molar-refractivity contribution >= 4 is 5.97 Å². The Labute approximate surface area is 108 Å². The summed E-state index contributed by atoms with van der Waals surface area (Å²) in [5.41, 5.74) is 5.00. The van der Waals surface area contributed by atoms with E-state index in [1.54, 1.807) is 13.8 Å². The monoisotopic (exact) mass is 254 g/mol. The third-order valence-corrected chi connectivity index (χ3v) is 2.77. The van der Waals surface area contributed by atoms with Gasteiger partial charge in [-0.3, -0.25) is 9.48 Å². The van der Waals surface area contributed by atoms with E-state index in [4.69, 9.17) is 10.5 Å². The van der Waals surface area contributed by atoms with Gasteiger partial charge in [-0.15, -0.1) is 0 Å². The molecule has 18 heavy (non-hydrogen) atoms. The van der Waals surface area contributed by atoms with Crippen molar-refractivity contribution in [1.29, 1.82) is 0 Å². The van der Waals surface area contributed by atoms with E-state index in [0.29, 0.717) is 19.6 Å². The van der Waals surface area contributed by atoms with Crippen LogP contribution in [0, 0.1) is 13.8 Å². The van der Waals surface area contributed by atoms with Crippen LogP contribution in [0.3, 0.4) is 0 Å². The van der Waals surface area contributed by atoms with E-state index in [1.165, 1.54) is 0 Å². The van der Waals surface area contributed by atoms with Crippen molar-refractivity contribution in [2.24, 2.45) is 5.73 Å². The van der Waals surface area contributed by atoms with Gasteiger partial charge in [0.25, 0.3) is 0 Å². The second kappa shape index (κ2) is 5.95. The average molecular weight is 254 g/mol. The molecule has 0 aliphatic rings. The summed E-state index contributed by atoms with van der Waals surface area (Å²) in [6.45, 7) is 8.30. The van der Waals surface area contributed by atoms with E-state index >= 15 is 0 Å². The van der Waals surface area contributed by atoms with Crippen LogP contribution in [0.25, 0.3) is 0 Å². The van der Waals surface area contributed by atoms with Gasteiger partial charge in [-0.05, 0) is 40.5 Å². The summed E-state index contributed by atoms with van der Waals surface area (Å²) in [5.74, 6) is 1.28. The van der Waals surface area contributed by atoms with Crippen molar-refractivity contribution in [2.45, 2.75) is 52.6 Å². The lowest BCUT2D eigenvalue weighted by Gasteiger charge is -2.21. The summed E-state index contributed by atoms with van der Waals surface area (Å²) in [7, 11) is 0. The number of ether oxygens (including phenoxy) is 1. The van der Waals surface area contributed by atoms with E-state index in [1.807, 2.05) is 18.5 Å². The molecule has 0 aromatic carbocycles. The maximum Gasteiger partial charge on any atom is 0.325 e. The van der Waals surface area contributed by atoms with Crippen LogP contribution in [-0.4, -0.2) is 32.9 Å². The number of carbonyl (C=O) groups is 1. The van der Waals surface area contributed by atoms with Crippen LogP contribution in [0.4, 0.5) is 0 Å². The molecule has 102 valence electrons. The fourth-order valence-corrected chi connectivity index (χ4v) is 1.77. The van der Waals surface area contributed by atoms with Gasteiger partial charge in [0.05, 0.1) is 6.61 Å². The summed E-state index contributed by atoms with van der Waals surface area (Å²) in [4.78, 5) is 15.8. The summed E-state index contributed by atoms with van der Waals surface area (Å²) in [6.07, 6.45) is 1.32. The molecule has 0 spiro atoms. The summed E-state index contributed by atoms with van der Waals surface area (Å²) in [6, 6.07) is 0. The molecule has 0 saturated carbocycles. The van der Waals surface area contributed by atoms with E-state index in [0.717, 1.165) is 18.1 Å². The molecular weight excluding hydrogens is 232 g/mol. The molecule has 6 nitrogen and oxygen atoms in total. The molecular formula is C12H22N4O2. The minimum atomic E-state index is -0.931. The van der Waals surface area contributed by atoms with E-state index < -0.39 is 5.54 Å². The Bertz CT molecular complexity index is 412. The van der Waals surface area contributed by atoms with Crippen molar-refractivity contribution in [2.75, 3.05) is 6.61 Å². The van der Waals surface area contributed by atoms with Gasteiger partial charge in [0, 0.05) is 6.54 Å². The summed E-state index contributed by atoms with van der Waals surface area (Å²) >= 11 is 0. The highest BCUT2D eigenvalue weighted by Gasteiger charge is 2.29. The number of esters is 1. The largest absolute Gasteiger partial charge is 0.465 e. The molecule has 2 N–H and O–H groups in total. The molecule has 1 rings (SSSR count). The predicted octanol–water partition coefficient (Wildman–Crippen LogP) is 0.956. The molecule has 1 unspecified atom stereocenters. The average Bonchev–Trinajstić information content (AvgIpc) is 2.57. The van der Waals surface area contributed by atoms with Crippen LogP contribution in [0.15, 0.2) is 0 Å². The number of rotatable bonds is 6. The molecule has 0 amide bonds. The van der Waals surface area contributed by atoms with Crippen molar-refractivity contribution in [3.63, 3.8) is 0 Å². The smallest absolute Gasteiger partial charge is 0.325 e. The lowest BCUT2D eigenvalue weighted by atomic mass is 9.97. The quantitative estimate of drug-likeness (QED) is 0.764. The molecule has 0 aliphatic carbocycles. The molecule has 0 fully saturated rings. The van der Waals surface area contributed by atoms with Gasteiger partial charge in [0.1, 0.15) is 17.2 Å². The Morgan fingerprint density at radius 3 is 2.67 bits per heavy atom. The van der Waals surface area contributed by atoms with Gasteiger partial charge < -0.3 is 10.5 Å². The van der Waals surface area contributed by atoms with Crippen LogP contribution >= 0.6 is 0 Å². The van der Waals surface area contributed by atoms with Gasteiger partial charge in [-0.2, -0.15) is 5.10 Å². The number of carbonyl (C=O) groups excluding carboxylic acids is 1. The maximum atomic E-state index is 11.6. The van der Waals surface area contributed by atoms with Crippen LogP contribution < -0.4 is 5.73 Å². The molecule has 0 saturated heterocycles. The number of hydrogen-bond donors (Lipinski definition) is 1. The van der Waals surface area contributed by atoms with Gasteiger partial charge in [-0.1, -0.05) is 0 Å². The molecule has 1 aromatic rings. The molecule has 1 atom stereocenters. The molecule has 6 heteroatoms. The Kier molecular flexibility index (Phi) is 4.84. The van der Waals surface area contributed by atoms with Crippen molar-refractivity contribution in [1.82, 2.24) is 14.8 Å². The molecule has 1 heterocycles. The van der Waals surface area contributed by atoms with E-state index in [9.17, 15) is 4.79 Å². The number of aryl methyl sites for hydroxylation is 3. The van der Waals surface area contributed by atoms with Crippen LogP contribution in [-0.2, 0) is 16.1 Å². The Balaban J connectivity index is 2.46. The first kappa shape index (κ1) is 14.6. The molecule has 0 bridgehead atoms. The van der Waals surface area contributed by atoms with Crippen molar-refractivity contribution in [3.05, 3.63) is 11.6 Å². The van der Waals surface area contributed by atoms with Gasteiger partial charge in [0.2, 0.25) is 0 Å². The highest BCUT2D eigenvalue weighted by atomic mass is 16.5. The van der Waals surface area contributed by atoms with Crippen LogP contribution in [0.5, 0.6) is 0 Å². The highest BCUT2D eigenvalue weighted by Crippen LogP contribution is 2.12. The SMILES string of the molecule is CCOC(=O)C(C)(N)CCCn1nc(C)nc1C. The van der Waals surface area contributed by atoms with Crippen LogP contribution in [0.2, 0.25) is 0 Å². The minimum absolute atomic E-state index is 0.350. The number of hydrogen-bond acceptors (Lipinski definition) is 5. The zero-order chi connectivity index (χ0) is 13.8. The predicted molar refractivity (Wildman–Crippen MR) is 68.0 cm³/mol. The first-order valence-corrected chi connectivity index (χ1v) is 6.21. The van der Waals surface area contributed by atoms with Crippen molar-refractivity contribution < 1.29 is 9.53 Å². The standard InChI is InChI=1S/C12H22N4O2/c1-5-18-11(17)12(4,13)7-6-8-16-10(3)14-9(2)15-16/h5-8,13H2,1-4H3. The third kappa shape index (κ3) is 3.80. The van der Waals surface area contributed by atoms with E-state index in [2.05, 4.69) is 10.1 Å². The Morgan fingerprint density at radius 1 is 1.50 bits per heavy atom. The van der Waals surface area contributed by atoms with E-state index in [-0.39, 0.29) is 5.97 Å². The summed E-state index contributed by atoms with van der Waals surface area (Å²) in [5, 5.41) is 4.26. The topological polar surface area (TPSA) is 83.0 Å². The Morgan fingerprint density at radius 2 is 2.17 bits per heavy atom. The minimum Gasteiger partial charge on any atom is -0.465 e. The molecule has 1 aromatic heterocycles. The van der Waals surface area contributed by atoms with Gasteiger partial charge in [-0.25, -0.2) is 4.98 Å². The molecule has 0 radical (unpaired) electrons. The number of nitrogens with two attached hydrogens (primary N) is 1. The molecule has 0 aliphatic heterocycles. The van der Waals surface area contributed by atoms with Crippen LogP contribution in [0.1, 0.15) is 38.3 Å². The fraction of sp³-hybridized carbons (Fsp3) is 0.750. The van der Waals surface area contributed by atoms with Crippen molar-refractivity contribution in [3.8, 4) is 0 Å². The lowest BCUT2D eigenvalue weighted by Crippen LogP contribution is -2.46.